The number of benzene rings is 6. The predicted octanol–water partition coefficient (Wildman–Crippen LogP) is 12.0. The molecule has 9 aromatic rings. The van der Waals surface area contributed by atoms with Gasteiger partial charge in [-0.15, -0.1) is 0 Å². The number of fused-ring (bicyclic) bond motifs is 6. The third-order valence-electron chi connectivity index (χ3n) is 10.0. The molecule has 3 aromatic heterocycles. The zero-order valence-electron chi connectivity index (χ0n) is 35.1. The SMILES string of the molecule is [2H]c1c([2H])c([2H])c(-c2nc(-c3ccccc3-n3c4ccccc4c4cc(C(C)(C)C)ccc43)nc(-n3c4ccccc4c4cc(C(C)(C)C)ccc43)n2)c([2H])c1[2H]. The normalized spacial score (nSPS) is 13.8. The van der Waals surface area contributed by atoms with Crippen LogP contribution in [0.5, 0.6) is 0 Å². The van der Waals surface area contributed by atoms with Crippen molar-refractivity contribution in [1.82, 2.24) is 24.1 Å². The molecule has 0 bridgehead atoms. The molecule has 0 unspecified atom stereocenters. The van der Waals surface area contributed by atoms with Crippen LogP contribution in [-0.4, -0.2) is 24.1 Å². The highest BCUT2D eigenvalue weighted by atomic mass is 15.2. The minimum atomic E-state index is -0.480. The van der Waals surface area contributed by atoms with E-state index in [1.165, 1.54) is 11.1 Å². The lowest BCUT2D eigenvalue weighted by molar-refractivity contribution is 0.591. The molecule has 52 heavy (non-hydrogen) atoms. The van der Waals surface area contributed by atoms with Crippen molar-refractivity contribution in [2.45, 2.75) is 52.4 Å². The third-order valence-corrected chi connectivity index (χ3v) is 10.0. The molecule has 9 rings (SSSR count). The van der Waals surface area contributed by atoms with Gasteiger partial charge in [0.25, 0.3) is 0 Å². The minimum absolute atomic E-state index is 0.0175. The Balaban J connectivity index is 1.38. The van der Waals surface area contributed by atoms with E-state index < -0.39 is 18.1 Å². The standard InChI is InChI=1S/C47H41N5/c1-46(2,3)31-24-26-41-36(28-31)33-18-10-13-21-38(33)51(41)40-23-15-12-20-35(40)44-48-43(30-16-8-7-9-17-30)49-45(50-44)52-39-22-14-11-19-34(39)37-29-32(47(4,5)6)25-27-42(37)52/h7-29H,1-6H3/i7D,8D,9D,16D,17D. The molecule has 0 atom stereocenters. The van der Waals surface area contributed by atoms with Gasteiger partial charge in [0, 0.05) is 32.7 Å². The van der Waals surface area contributed by atoms with Crippen LogP contribution in [0.25, 0.3) is 78.0 Å². The van der Waals surface area contributed by atoms with E-state index in [1.807, 2.05) is 53.1 Å². The van der Waals surface area contributed by atoms with Crippen LogP contribution >= 0.6 is 0 Å². The Bertz CT molecular complexity index is 3080. The van der Waals surface area contributed by atoms with E-state index in [0.29, 0.717) is 11.4 Å². The Morgan fingerprint density at radius 2 is 0.981 bits per heavy atom. The molecule has 6 aromatic carbocycles. The molecular formula is C47H41N5. The molecule has 0 amide bonds. The highest BCUT2D eigenvalue weighted by Gasteiger charge is 2.23. The molecule has 0 aliphatic carbocycles. The molecule has 0 fully saturated rings. The maximum atomic E-state index is 8.95. The Morgan fingerprint density at radius 3 is 1.60 bits per heavy atom. The fourth-order valence-corrected chi connectivity index (χ4v) is 7.27. The number of rotatable bonds is 4. The van der Waals surface area contributed by atoms with E-state index in [4.69, 9.17) is 21.8 Å². The second kappa shape index (κ2) is 11.7. The molecule has 0 N–H and O–H groups in total. The van der Waals surface area contributed by atoms with E-state index in [9.17, 15) is 0 Å². The predicted molar refractivity (Wildman–Crippen MR) is 217 cm³/mol. The zero-order chi connectivity index (χ0) is 40.1. The zero-order valence-corrected chi connectivity index (χ0v) is 30.1. The van der Waals surface area contributed by atoms with Gasteiger partial charge in [0.15, 0.2) is 11.6 Å². The summed E-state index contributed by atoms with van der Waals surface area (Å²) in [5.41, 5.74) is 7.49. The quantitative estimate of drug-likeness (QED) is 0.186. The van der Waals surface area contributed by atoms with Gasteiger partial charge in [0.05, 0.1) is 34.6 Å². The van der Waals surface area contributed by atoms with Crippen LogP contribution in [0.2, 0.25) is 0 Å². The van der Waals surface area contributed by atoms with Gasteiger partial charge in [-0.3, -0.25) is 4.57 Å². The Morgan fingerprint density at radius 1 is 0.481 bits per heavy atom. The van der Waals surface area contributed by atoms with Gasteiger partial charge in [-0.1, -0.05) is 132 Å². The topological polar surface area (TPSA) is 48.5 Å². The number of para-hydroxylation sites is 3. The van der Waals surface area contributed by atoms with Crippen molar-refractivity contribution in [3.63, 3.8) is 0 Å². The first-order valence-corrected chi connectivity index (χ1v) is 17.6. The van der Waals surface area contributed by atoms with E-state index in [2.05, 4.69) is 107 Å². The highest BCUT2D eigenvalue weighted by molar-refractivity contribution is 6.11. The monoisotopic (exact) mass is 680 g/mol. The van der Waals surface area contributed by atoms with Gasteiger partial charge in [0.2, 0.25) is 5.95 Å². The molecule has 5 heteroatoms. The first-order chi connectivity index (χ1) is 27.1. The maximum Gasteiger partial charge on any atom is 0.238 e. The molecule has 254 valence electrons. The van der Waals surface area contributed by atoms with Crippen LogP contribution in [0.15, 0.2) is 139 Å². The summed E-state index contributed by atoms with van der Waals surface area (Å²) in [6.07, 6.45) is 0. The van der Waals surface area contributed by atoms with Gasteiger partial charge < -0.3 is 4.57 Å². The molecule has 0 radical (unpaired) electrons. The first-order valence-electron chi connectivity index (χ1n) is 20.1. The van der Waals surface area contributed by atoms with Crippen molar-refractivity contribution < 1.29 is 6.85 Å². The third kappa shape index (κ3) is 5.19. The summed E-state index contributed by atoms with van der Waals surface area (Å²) in [5, 5.41) is 4.29. The lowest BCUT2D eigenvalue weighted by Crippen LogP contribution is -2.11. The van der Waals surface area contributed by atoms with E-state index >= 15 is 0 Å². The summed E-state index contributed by atoms with van der Waals surface area (Å²) in [6.45, 7) is 13.2. The molecule has 0 aliphatic heterocycles. The molecular weight excluding hydrogens is 635 g/mol. The van der Waals surface area contributed by atoms with E-state index in [-0.39, 0.29) is 40.3 Å². The van der Waals surface area contributed by atoms with Gasteiger partial charge in [-0.25, -0.2) is 4.98 Å². The maximum absolute atomic E-state index is 8.95. The van der Waals surface area contributed by atoms with Crippen molar-refractivity contribution in [3.05, 3.63) is 151 Å². The molecule has 0 saturated heterocycles. The molecule has 0 aliphatic rings. The summed E-state index contributed by atoms with van der Waals surface area (Å²) >= 11 is 0. The van der Waals surface area contributed by atoms with Crippen LogP contribution in [0.1, 0.15) is 59.5 Å². The molecule has 3 heterocycles. The number of aromatic nitrogens is 5. The second-order valence-electron chi connectivity index (χ2n) is 15.5. The van der Waals surface area contributed by atoms with Crippen molar-refractivity contribution in [2.75, 3.05) is 0 Å². The molecule has 0 saturated carbocycles. The van der Waals surface area contributed by atoms with Gasteiger partial charge in [0.1, 0.15) is 0 Å². The van der Waals surface area contributed by atoms with Crippen LogP contribution in [-0.2, 0) is 10.8 Å². The van der Waals surface area contributed by atoms with Gasteiger partial charge in [-0.05, 0) is 70.5 Å². The van der Waals surface area contributed by atoms with E-state index in [0.717, 1.165) is 49.3 Å². The van der Waals surface area contributed by atoms with E-state index in [1.54, 1.807) is 0 Å². The molecule has 5 nitrogen and oxygen atoms in total. The fraction of sp³-hybridized carbons (Fsp3) is 0.170. The summed E-state index contributed by atoms with van der Waals surface area (Å²) in [7, 11) is 0. The largest absolute Gasteiger partial charge is 0.309 e. The average Bonchev–Trinajstić information content (AvgIpc) is 3.71. The summed E-state index contributed by atoms with van der Waals surface area (Å²) in [6, 6.07) is 35.3. The van der Waals surface area contributed by atoms with Crippen LogP contribution < -0.4 is 0 Å². The van der Waals surface area contributed by atoms with Crippen molar-refractivity contribution in [3.8, 4) is 34.4 Å². The molecule has 0 spiro atoms. The number of nitrogens with zero attached hydrogens (tertiary/aromatic N) is 5. The van der Waals surface area contributed by atoms with Crippen molar-refractivity contribution in [1.29, 1.82) is 0 Å². The highest BCUT2D eigenvalue weighted by Crippen LogP contribution is 2.39. The second-order valence-corrected chi connectivity index (χ2v) is 15.5. The summed E-state index contributed by atoms with van der Waals surface area (Å²) in [5.74, 6) is 0.548. The fourth-order valence-electron chi connectivity index (χ4n) is 7.27. The minimum Gasteiger partial charge on any atom is -0.309 e. The summed E-state index contributed by atoms with van der Waals surface area (Å²) in [4.78, 5) is 15.2. The lowest BCUT2D eigenvalue weighted by Gasteiger charge is -2.19. The van der Waals surface area contributed by atoms with Crippen molar-refractivity contribution >= 4 is 43.6 Å². The average molecular weight is 681 g/mol. The van der Waals surface area contributed by atoms with Gasteiger partial charge >= 0.3 is 0 Å². The van der Waals surface area contributed by atoms with Crippen LogP contribution in [0.3, 0.4) is 0 Å². The Kier molecular flexibility index (Phi) is 6.03. The number of hydrogen-bond acceptors (Lipinski definition) is 3. The van der Waals surface area contributed by atoms with Crippen LogP contribution in [0, 0.1) is 0 Å². The lowest BCUT2D eigenvalue weighted by atomic mass is 9.86. The van der Waals surface area contributed by atoms with Crippen LogP contribution in [0.4, 0.5) is 0 Å². The Labute approximate surface area is 311 Å². The van der Waals surface area contributed by atoms with Crippen molar-refractivity contribution in [2.24, 2.45) is 0 Å². The number of hydrogen-bond donors (Lipinski definition) is 0. The summed E-state index contributed by atoms with van der Waals surface area (Å²) < 4.78 is 47.5. The first kappa shape index (κ1) is 26.7. The van der Waals surface area contributed by atoms with Gasteiger partial charge in [-0.2, -0.15) is 9.97 Å². The Hall–Kier alpha value is -6.07. The smallest absolute Gasteiger partial charge is 0.238 e.